The lowest BCUT2D eigenvalue weighted by Gasteiger charge is -2.14. The number of benzene rings is 1. The van der Waals surface area contributed by atoms with Crippen molar-refractivity contribution in [1.29, 1.82) is 0 Å². The van der Waals surface area contributed by atoms with Crippen molar-refractivity contribution in [2.45, 2.75) is 6.04 Å². The summed E-state index contributed by atoms with van der Waals surface area (Å²) in [4.78, 5) is 37.4. The number of carbonyl (C=O) groups excluding carboxylic acids is 3. The standard InChI is InChI=1S/C18H16N2O5S2/c21-16(19-14-9-10-27(24,25)12-14)11-20-17(22)15(26-18(20)23)8-4-7-13-5-2-1-3-6-13/h1-10,14H,11-12H2,(H,19,21)/b7-4+,15-8+/t14-/m1/s1. The first-order chi connectivity index (χ1) is 12.8. The molecule has 0 unspecified atom stereocenters. The number of amides is 3. The normalized spacial score (nSPS) is 22.9. The number of rotatable bonds is 5. The summed E-state index contributed by atoms with van der Waals surface area (Å²) in [5.74, 6) is -1.36. The molecule has 0 aliphatic carbocycles. The SMILES string of the molecule is O=C(CN1C(=O)S/C(=C/C=C/c2ccccc2)C1=O)N[C@@H]1C=CS(=O)(=O)C1. The molecule has 0 radical (unpaired) electrons. The molecule has 0 saturated carbocycles. The van der Waals surface area contributed by atoms with E-state index in [0.29, 0.717) is 0 Å². The molecule has 7 nitrogen and oxygen atoms in total. The van der Waals surface area contributed by atoms with E-state index in [0.717, 1.165) is 27.6 Å². The smallest absolute Gasteiger partial charge is 0.294 e. The van der Waals surface area contributed by atoms with Gasteiger partial charge in [0.15, 0.2) is 9.84 Å². The average Bonchev–Trinajstić information content (AvgIpc) is 3.09. The molecule has 3 amide bonds. The van der Waals surface area contributed by atoms with Crippen LogP contribution in [0.2, 0.25) is 0 Å². The van der Waals surface area contributed by atoms with Crippen LogP contribution in [0, 0.1) is 0 Å². The van der Waals surface area contributed by atoms with Crippen LogP contribution in [0.1, 0.15) is 5.56 Å². The molecule has 1 aromatic carbocycles. The van der Waals surface area contributed by atoms with E-state index in [1.54, 1.807) is 12.2 Å². The minimum Gasteiger partial charge on any atom is -0.347 e. The lowest BCUT2D eigenvalue weighted by Crippen LogP contribution is -2.43. The highest BCUT2D eigenvalue weighted by Gasteiger charge is 2.36. The van der Waals surface area contributed by atoms with Crippen LogP contribution < -0.4 is 5.32 Å². The van der Waals surface area contributed by atoms with Gasteiger partial charge in [-0.1, -0.05) is 42.5 Å². The van der Waals surface area contributed by atoms with E-state index in [9.17, 15) is 22.8 Å². The van der Waals surface area contributed by atoms with Gasteiger partial charge in [0.25, 0.3) is 11.1 Å². The zero-order chi connectivity index (χ0) is 19.4. The third-order valence-corrected chi connectivity index (χ3v) is 6.11. The van der Waals surface area contributed by atoms with Crippen molar-refractivity contribution in [2.24, 2.45) is 0 Å². The van der Waals surface area contributed by atoms with E-state index < -0.39 is 39.5 Å². The summed E-state index contributed by atoms with van der Waals surface area (Å²) < 4.78 is 22.7. The fraction of sp³-hybridized carbons (Fsp3) is 0.167. The average molecular weight is 404 g/mol. The van der Waals surface area contributed by atoms with E-state index in [2.05, 4.69) is 5.32 Å². The monoisotopic (exact) mass is 404 g/mol. The predicted octanol–water partition coefficient (Wildman–Crippen LogP) is 1.71. The Morgan fingerprint density at radius 3 is 2.67 bits per heavy atom. The van der Waals surface area contributed by atoms with Gasteiger partial charge < -0.3 is 5.32 Å². The number of nitrogens with zero attached hydrogens (tertiary/aromatic N) is 1. The second-order valence-electron chi connectivity index (χ2n) is 5.89. The van der Waals surface area contributed by atoms with E-state index in [1.165, 1.54) is 12.2 Å². The summed E-state index contributed by atoms with van der Waals surface area (Å²) >= 11 is 0.759. The number of imide groups is 1. The molecular formula is C18H16N2O5S2. The topological polar surface area (TPSA) is 101 Å². The van der Waals surface area contributed by atoms with Gasteiger partial charge in [-0.25, -0.2) is 8.42 Å². The molecule has 140 valence electrons. The highest BCUT2D eigenvalue weighted by molar-refractivity contribution is 8.18. The molecule has 2 aliphatic rings. The molecule has 27 heavy (non-hydrogen) atoms. The molecule has 1 N–H and O–H groups in total. The summed E-state index contributed by atoms with van der Waals surface area (Å²) in [6, 6.07) is 8.82. The first-order valence-electron chi connectivity index (χ1n) is 8.01. The minimum absolute atomic E-state index is 0.217. The summed E-state index contributed by atoms with van der Waals surface area (Å²) in [5.41, 5.74) is 0.951. The number of carbonyl (C=O) groups is 3. The first kappa shape index (κ1) is 19.1. The fourth-order valence-corrected chi connectivity index (χ4v) is 4.55. The van der Waals surface area contributed by atoms with Crippen molar-refractivity contribution in [1.82, 2.24) is 10.2 Å². The van der Waals surface area contributed by atoms with Crippen molar-refractivity contribution in [3.8, 4) is 0 Å². The number of hydrogen-bond donors (Lipinski definition) is 1. The van der Waals surface area contributed by atoms with Crippen LogP contribution in [0.3, 0.4) is 0 Å². The van der Waals surface area contributed by atoms with Crippen molar-refractivity contribution in [3.05, 3.63) is 64.4 Å². The molecular weight excluding hydrogens is 388 g/mol. The van der Waals surface area contributed by atoms with Gasteiger partial charge in [-0.05, 0) is 29.5 Å². The summed E-state index contributed by atoms with van der Waals surface area (Å²) in [7, 11) is -3.30. The van der Waals surface area contributed by atoms with Crippen LogP contribution in [0.4, 0.5) is 4.79 Å². The Morgan fingerprint density at radius 2 is 2.00 bits per heavy atom. The van der Waals surface area contributed by atoms with Crippen molar-refractivity contribution >= 4 is 44.7 Å². The van der Waals surface area contributed by atoms with Gasteiger partial charge in [0, 0.05) is 5.41 Å². The van der Waals surface area contributed by atoms with Gasteiger partial charge in [-0.15, -0.1) is 0 Å². The molecule has 2 heterocycles. The Hall–Kier alpha value is -2.65. The molecule has 3 rings (SSSR count). The Labute approximate surface area is 160 Å². The highest BCUT2D eigenvalue weighted by atomic mass is 32.2. The predicted molar refractivity (Wildman–Crippen MR) is 103 cm³/mol. The van der Waals surface area contributed by atoms with Gasteiger partial charge in [-0.2, -0.15) is 0 Å². The molecule has 1 atom stereocenters. The van der Waals surface area contributed by atoms with Gasteiger partial charge in [-0.3, -0.25) is 19.3 Å². The molecule has 9 heteroatoms. The maximum atomic E-state index is 12.3. The lowest BCUT2D eigenvalue weighted by atomic mass is 10.2. The van der Waals surface area contributed by atoms with Gasteiger partial charge in [0.2, 0.25) is 5.91 Å². The van der Waals surface area contributed by atoms with Crippen LogP contribution in [0.15, 0.2) is 58.9 Å². The fourth-order valence-electron chi connectivity index (χ4n) is 2.52. The zero-order valence-corrected chi connectivity index (χ0v) is 15.7. The van der Waals surface area contributed by atoms with E-state index >= 15 is 0 Å². The van der Waals surface area contributed by atoms with Gasteiger partial charge in [0.05, 0.1) is 16.7 Å². The van der Waals surface area contributed by atoms with Gasteiger partial charge in [0.1, 0.15) is 6.54 Å². The van der Waals surface area contributed by atoms with Crippen LogP contribution in [-0.2, 0) is 19.4 Å². The molecule has 0 bridgehead atoms. The van der Waals surface area contributed by atoms with Crippen LogP contribution in [-0.4, -0.2) is 48.7 Å². The summed E-state index contributed by atoms with van der Waals surface area (Å²) in [6.45, 7) is -0.450. The Kier molecular flexibility index (Phi) is 5.62. The number of nitrogens with one attached hydrogen (secondary N) is 1. The molecule has 1 fully saturated rings. The van der Waals surface area contributed by atoms with Crippen molar-refractivity contribution < 1.29 is 22.8 Å². The van der Waals surface area contributed by atoms with Crippen LogP contribution >= 0.6 is 11.8 Å². The summed E-state index contributed by atoms with van der Waals surface area (Å²) in [5, 5.41) is 2.99. The van der Waals surface area contributed by atoms with E-state index in [-0.39, 0.29) is 10.7 Å². The zero-order valence-electron chi connectivity index (χ0n) is 14.1. The van der Waals surface area contributed by atoms with Crippen LogP contribution in [0.25, 0.3) is 6.08 Å². The number of thioether (sulfide) groups is 1. The number of sulfone groups is 1. The third-order valence-electron chi connectivity index (χ3n) is 3.79. The number of allylic oxidation sites excluding steroid dienone is 2. The minimum atomic E-state index is -3.30. The highest BCUT2D eigenvalue weighted by Crippen LogP contribution is 2.30. The maximum absolute atomic E-state index is 12.3. The second kappa shape index (κ2) is 7.93. The Morgan fingerprint density at radius 1 is 1.26 bits per heavy atom. The molecule has 1 aromatic rings. The Balaban J connectivity index is 1.59. The van der Waals surface area contributed by atoms with E-state index in [1.807, 2.05) is 30.3 Å². The molecule has 1 saturated heterocycles. The van der Waals surface area contributed by atoms with E-state index in [4.69, 9.17) is 0 Å². The molecule has 2 aliphatic heterocycles. The van der Waals surface area contributed by atoms with Crippen molar-refractivity contribution in [3.63, 3.8) is 0 Å². The third kappa shape index (κ3) is 4.95. The van der Waals surface area contributed by atoms with Crippen LogP contribution in [0.5, 0.6) is 0 Å². The number of hydrogen-bond acceptors (Lipinski definition) is 6. The first-order valence-corrected chi connectivity index (χ1v) is 10.5. The largest absolute Gasteiger partial charge is 0.347 e. The van der Waals surface area contributed by atoms with Gasteiger partial charge >= 0.3 is 0 Å². The molecule has 0 spiro atoms. The quantitative estimate of drug-likeness (QED) is 0.750. The Bertz CT molecular complexity index is 965. The summed E-state index contributed by atoms with van der Waals surface area (Å²) in [6.07, 6.45) is 6.37. The second-order valence-corrected chi connectivity index (χ2v) is 8.82. The lowest BCUT2D eigenvalue weighted by molar-refractivity contribution is -0.129. The van der Waals surface area contributed by atoms with Crippen molar-refractivity contribution in [2.75, 3.05) is 12.3 Å². The molecule has 0 aromatic heterocycles. The maximum Gasteiger partial charge on any atom is 0.294 e.